The van der Waals surface area contributed by atoms with E-state index >= 15 is 0 Å². The maximum atomic E-state index is 12.1. The van der Waals surface area contributed by atoms with E-state index < -0.39 is 0 Å². The molecule has 0 aromatic heterocycles. The van der Waals surface area contributed by atoms with Gasteiger partial charge in [-0.3, -0.25) is 4.79 Å². The molecule has 0 amide bonds. The number of carbonyl (C=O) groups is 1. The number of benzene rings is 1. The highest BCUT2D eigenvalue weighted by atomic mass is 32.2. The zero-order valence-corrected chi connectivity index (χ0v) is 15.5. The van der Waals surface area contributed by atoms with E-state index in [9.17, 15) is 4.79 Å². The number of hydrogen-bond donors (Lipinski definition) is 0. The predicted octanol–water partition coefficient (Wildman–Crippen LogP) is 5.51. The highest BCUT2D eigenvalue weighted by Crippen LogP contribution is 2.32. The van der Waals surface area contributed by atoms with Gasteiger partial charge in [0.05, 0.1) is 7.11 Å². The quantitative estimate of drug-likeness (QED) is 0.466. The smallest absolute Gasteiger partial charge is 0.323 e. The lowest BCUT2D eigenvalue weighted by atomic mass is 9.86. The van der Waals surface area contributed by atoms with E-state index in [1.807, 2.05) is 0 Å². The number of esters is 1. The van der Waals surface area contributed by atoms with E-state index in [1.165, 1.54) is 31.9 Å². The summed E-state index contributed by atoms with van der Waals surface area (Å²) in [7, 11) is 1.47. The van der Waals surface area contributed by atoms with Gasteiger partial charge in [-0.2, -0.15) is 0 Å². The van der Waals surface area contributed by atoms with Crippen LogP contribution < -0.4 is 0 Å². The molecular formula is C19H30O2S. The molecule has 0 aliphatic rings. The minimum atomic E-state index is -0.208. The number of carbonyl (C=O) groups excluding carboxylic acids is 1. The second kappa shape index (κ2) is 9.24. The fraction of sp³-hybridized carbons (Fsp3) is 0.632. The first-order valence-corrected chi connectivity index (χ1v) is 9.25. The average Bonchev–Trinajstić information content (AvgIpc) is 2.49. The first-order chi connectivity index (χ1) is 10.4. The van der Waals surface area contributed by atoms with E-state index in [0.717, 1.165) is 17.7 Å². The van der Waals surface area contributed by atoms with Crippen LogP contribution in [0.4, 0.5) is 0 Å². The molecule has 0 N–H and O–H groups in total. The van der Waals surface area contributed by atoms with E-state index in [2.05, 4.69) is 52.0 Å². The summed E-state index contributed by atoms with van der Waals surface area (Å²) in [4.78, 5) is 12.1. The highest BCUT2D eigenvalue weighted by molar-refractivity contribution is 8.00. The number of methoxy groups -OCH3 is 1. The third-order valence-corrected chi connectivity index (χ3v) is 5.10. The molecule has 0 heterocycles. The Labute approximate surface area is 140 Å². The van der Waals surface area contributed by atoms with Crippen LogP contribution in [-0.2, 0) is 14.9 Å². The second-order valence-corrected chi connectivity index (χ2v) is 7.92. The Balaban J connectivity index is 2.73. The van der Waals surface area contributed by atoms with Gasteiger partial charge in [-0.1, -0.05) is 71.2 Å². The molecule has 0 bridgehead atoms. The Bertz CT molecular complexity index is 445. The Kier molecular flexibility index (Phi) is 8.02. The topological polar surface area (TPSA) is 26.3 Å². The van der Waals surface area contributed by atoms with Gasteiger partial charge in [-0.15, -0.1) is 11.8 Å². The zero-order valence-electron chi connectivity index (χ0n) is 14.6. The molecule has 0 aliphatic carbocycles. The molecular weight excluding hydrogens is 292 g/mol. The van der Waals surface area contributed by atoms with Gasteiger partial charge in [-0.05, 0) is 28.7 Å². The van der Waals surface area contributed by atoms with Gasteiger partial charge in [0.2, 0.25) is 0 Å². The largest absolute Gasteiger partial charge is 0.468 e. The van der Waals surface area contributed by atoms with Crippen LogP contribution in [0.25, 0.3) is 0 Å². The number of thioether (sulfide) groups is 1. The normalized spacial score (nSPS) is 13.0. The van der Waals surface area contributed by atoms with Gasteiger partial charge in [0, 0.05) is 0 Å². The monoisotopic (exact) mass is 322 g/mol. The minimum absolute atomic E-state index is 0.132. The van der Waals surface area contributed by atoms with Crippen molar-refractivity contribution >= 4 is 17.7 Å². The third kappa shape index (κ3) is 6.04. The van der Waals surface area contributed by atoms with Crippen LogP contribution in [-0.4, -0.2) is 18.8 Å². The molecule has 1 atom stereocenters. The minimum Gasteiger partial charge on any atom is -0.468 e. The molecule has 1 aromatic carbocycles. The van der Waals surface area contributed by atoms with E-state index in [1.54, 1.807) is 11.8 Å². The van der Waals surface area contributed by atoms with Crippen molar-refractivity contribution < 1.29 is 9.53 Å². The van der Waals surface area contributed by atoms with Crippen molar-refractivity contribution in [3.05, 3.63) is 35.4 Å². The maximum Gasteiger partial charge on any atom is 0.323 e. The predicted molar refractivity (Wildman–Crippen MR) is 96.5 cm³/mol. The lowest BCUT2D eigenvalue weighted by Crippen LogP contribution is -2.14. The van der Waals surface area contributed by atoms with E-state index in [0.29, 0.717) is 0 Å². The SMILES string of the molecule is CCCCCCS[C@@H](C(=O)OC)c1ccc(C(C)(C)C)cc1. The zero-order chi connectivity index (χ0) is 16.6. The third-order valence-electron chi connectivity index (χ3n) is 3.78. The molecule has 1 rings (SSSR count). The van der Waals surface area contributed by atoms with Gasteiger partial charge >= 0.3 is 5.97 Å². The van der Waals surface area contributed by atoms with Crippen molar-refractivity contribution in [2.24, 2.45) is 0 Å². The van der Waals surface area contributed by atoms with Crippen molar-refractivity contribution in [2.75, 3.05) is 12.9 Å². The standard InChI is InChI=1S/C19H30O2S/c1-6-7-8-9-14-22-17(18(20)21-5)15-10-12-16(13-11-15)19(2,3)4/h10-13,17H,6-9,14H2,1-5H3/t17-/m1/s1. The summed E-state index contributed by atoms with van der Waals surface area (Å²) in [6.45, 7) is 8.80. The van der Waals surface area contributed by atoms with Gasteiger partial charge in [0.15, 0.2) is 0 Å². The van der Waals surface area contributed by atoms with Crippen molar-refractivity contribution in [3.63, 3.8) is 0 Å². The summed E-state index contributed by atoms with van der Waals surface area (Å²) in [5.41, 5.74) is 2.46. The molecule has 0 radical (unpaired) electrons. The number of unbranched alkanes of at least 4 members (excludes halogenated alkanes) is 3. The molecule has 0 aliphatic heterocycles. The number of ether oxygens (including phenoxy) is 1. The van der Waals surface area contributed by atoms with Crippen LogP contribution in [0.5, 0.6) is 0 Å². The molecule has 124 valence electrons. The molecule has 3 heteroatoms. The van der Waals surface area contributed by atoms with Crippen LogP contribution >= 0.6 is 11.8 Å². The van der Waals surface area contributed by atoms with Crippen molar-refractivity contribution in [2.45, 2.75) is 64.0 Å². The molecule has 22 heavy (non-hydrogen) atoms. The summed E-state index contributed by atoms with van der Waals surface area (Å²) < 4.78 is 4.98. The van der Waals surface area contributed by atoms with E-state index in [4.69, 9.17) is 4.74 Å². The lowest BCUT2D eigenvalue weighted by Gasteiger charge is -2.20. The Morgan fingerprint density at radius 1 is 1.14 bits per heavy atom. The number of rotatable bonds is 8. The van der Waals surface area contributed by atoms with Crippen LogP contribution in [0.3, 0.4) is 0 Å². The molecule has 2 nitrogen and oxygen atoms in total. The maximum absolute atomic E-state index is 12.1. The molecule has 1 aromatic rings. The van der Waals surface area contributed by atoms with Gasteiger partial charge in [0.1, 0.15) is 5.25 Å². The van der Waals surface area contributed by atoms with Crippen LogP contribution in [0.1, 0.15) is 69.8 Å². The van der Waals surface area contributed by atoms with E-state index in [-0.39, 0.29) is 16.6 Å². The summed E-state index contributed by atoms with van der Waals surface area (Å²) in [5.74, 6) is 0.852. The molecule has 0 spiro atoms. The van der Waals surface area contributed by atoms with Crippen molar-refractivity contribution in [1.82, 2.24) is 0 Å². The first kappa shape index (κ1) is 19.1. The van der Waals surface area contributed by atoms with Crippen LogP contribution in [0.2, 0.25) is 0 Å². The molecule has 0 unspecified atom stereocenters. The Morgan fingerprint density at radius 3 is 2.27 bits per heavy atom. The fourth-order valence-electron chi connectivity index (χ4n) is 2.30. The average molecular weight is 323 g/mol. The van der Waals surface area contributed by atoms with Crippen molar-refractivity contribution in [3.8, 4) is 0 Å². The lowest BCUT2D eigenvalue weighted by molar-refractivity contribution is -0.140. The number of hydrogen-bond acceptors (Lipinski definition) is 3. The molecule has 0 saturated carbocycles. The molecule has 0 saturated heterocycles. The second-order valence-electron chi connectivity index (χ2n) is 6.71. The van der Waals surface area contributed by atoms with Crippen molar-refractivity contribution in [1.29, 1.82) is 0 Å². The van der Waals surface area contributed by atoms with Crippen LogP contribution in [0.15, 0.2) is 24.3 Å². The van der Waals surface area contributed by atoms with Gasteiger partial charge in [0.25, 0.3) is 0 Å². The summed E-state index contributed by atoms with van der Waals surface area (Å²) in [5, 5.41) is -0.208. The Hall–Kier alpha value is -0.960. The summed E-state index contributed by atoms with van der Waals surface area (Å²) >= 11 is 1.70. The Morgan fingerprint density at radius 2 is 1.77 bits per heavy atom. The van der Waals surface area contributed by atoms with Gasteiger partial charge < -0.3 is 4.74 Å². The fourth-order valence-corrected chi connectivity index (χ4v) is 3.48. The summed E-state index contributed by atoms with van der Waals surface area (Å²) in [6.07, 6.45) is 4.90. The summed E-state index contributed by atoms with van der Waals surface area (Å²) in [6, 6.07) is 8.40. The molecule has 0 fully saturated rings. The first-order valence-electron chi connectivity index (χ1n) is 8.20. The van der Waals surface area contributed by atoms with Gasteiger partial charge in [-0.25, -0.2) is 0 Å². The van der Waals surface area contributed by atoms with Crippen LogP contribution in [0, 0.1) is 0 Å². The highest BCUT2D eigenvalue weighted by Gasteiger charge is 2.22.